The topological polar surface area (TPSA) is 198 Å². The van der Waals surface area contributed by atoms with Crippen molar-refractivity contribution in [2.75, 3.05) is 18.5 Å². The molecule has 3 rings (SSSR count). The summed E-state index contributed by atoms with van der Waals surface area (Å²) in [5.41, 5.74) is 7.16. The number of fused-ring (bicyclic) bond motifs is 1. The van der Waals surface area contributed by atoms with Crippen molar-refractivity contribution in [3.05, 3.63) is 47.4 Å². The van der Waals surface area contributed by atoms with Gasteiger partial charge in [0.15, 0.2) is 17.5 Å². The third-order valence-corrected chi connectivity index (χ3v) is 4.89. The average molecular weight is 483 g/mol. The van der Waals surface area contributed by atoms with Crippen LogP contribution in [0.15, 0.2) is 35.5 Å². The highest BCUT2D eigenvalue weighted by molar-refractivity contribution is 6.03. The second-order valence-corrected chi connectivity index (χ2v) is 7.45. The Hall–Kier alpha value is -4.55. The molecule has 0 bridgehead atoms. The number of carbonyl (C=O) groups excluding carboxylic acids is 3. The lowest BCUT2D eigenvalue weighted by atomic mass is 10.1. The maximum atomic E-state index is 12.5. The summed E-state index contributed by atoms with van der Waals surface area (Å²) in [7, 11) is 0. The molecular weight excluding hydrogens is 458 g/mol. The van der Waals surface area contributed by atoms with E-state index in [2.05, 4.69) is 30.9 Å². The maximum absolute atomic E-state index is 12.5. The van der Waals surface area contributed by atoms with Gasteiger partial charge in [0, 0.05) is 17.7 Å². The monoisotopic (exact) mass is 483 g/mol. The van der Waals surface area contributed by atoms with Gasteiger partial charge in [0.05, 0.1) is 31.6 Å². The summed E-state index contributed by atoms with van der Waals surface area (Å²) < 4.78 is 4.78. The van der Waals surface area contributed by atoms with Crippen molar-refractivity contribution in [1.29, 1.82) is 0 Å². The number of benzene rings is 1. The lowest BCUT2D eigenvalue weighted by Crippen LogP contribution is -2.41. The lowest BCUT2D eigenvalue weighted by Gasteiger charge is -2.14. The summed E-state index contributed by atoms with van der Waals surface area (Å²) in [5, 5.41) is 17.5. The molecule has 0 saturated carbocycles. The van der Waals surface area contributed by atoms with Crippen LogP contribution in [-0.2, 0) is 20.9 Å². The highest BCUT2D eigenvalue weighted by atomic mass is 16.5. The number of carbonyl (C=O) groups is 4. The number of nitrogens with zero attached hydrogens (tertiary/aromatic N) is 3. The number of rotatable bonds is 10. The SMILES string of the molecule is CCOC(=O)CCC(NC(=O)c1ccc(NCc2cnc3c(n2)C(=O)CNC(N)=N3)cc1)C(=O)O. The molecule has 0 saturated heterocycles. The number of Topliss-reactive ketones (excluding diaryl/α,β-unsaturated/α-hetero) is 1. The van der Waals surface area contributed by atoms with E-state index in [9.17, 15) is 24.3 Å². The van der Waals surface area contributed by atoms with Gasteiger partial charge < -0.3 is 31.5 Å². The Labute approximate surface area is 200 Å². The van der Waals surface area contributed by atoms with Crippen LogP contribution in [0.2, 0.25) is 0 Å². The van der Waals surface area contributed by atoms with E-state index < -0.39 is 23.9 Å². The smallest absolute Gasteiger partial charge is 0.326 e. The number of hydrogen-bond acceptors (Lipinski definition) is 11. The molecule has 0 spiro atoms. The number of ketones is 1. The zero-order valence-electron chi connectivity index (χ0n) is 18.9. The van der Waals surface area contributed by atoms with E-state index in [-0.39, 0.29) is 61.4 Å². The molecule has 1 aliphatic heterocycles. The predicted octanol–water partition coefficient (Wildman–Crippen LogP) is 0.347. The first-order chi connectivity index (χ1) is 16.8. The van der Waals surface area contributed by atoms with E-state index in [1.807, 2.05) is 0 Å². The van der Waals surface area contributed by atoms with Gasteiger partial charge in [-0.15, -0.1) is 0 Å². The minimum absolute atomic E-state index is 0.0248. The van der Waals surface area contributed by atoms with Gasteiger partial charge in [0.1, 0.15) is 6.04 Å². The number of carboxylic acid groups (broad SMARTS) is 1. The number of ether oxygens (including phenoxy) is 1. The minimum atomic E-state index is -1.24. The fourth-order valence-corrected chi connectivity index (χ4v) is 3.11. The number of nitrogens with one attached hydrogen (secondary N) is 3. The summed E-state index contributed by atoms with van der Waals surface area (Å²) >= 11 is 0. The van der Waals surface area contributed by atoms with Gasteiger partial charge in [0.2, 0.25) is 5.78 Å². The van der Waals surface area contributed by atoms with Crippen LogP contribution < -0.4 is 21.7 Å². The molecule has 2 heterocycles. The van der Waals surface area contributed by atoms with Crippen LogP contribution in [0.1, 0.15) is 46.3 Å². The van der Waals surface area contributed by atoms with Gasteiger partial charge in [0.25, 0.3) is 5.91 Å². The van der Waals surface area contributed by atoms with E-state index in [0.717, 1.165) is 0 Å². The molecular formula is C22H25N7O6. The van der Waals surface area contributed by atoms with Crippen molar-refractivity contribution >= 4 is 41.1 Å². The number of amides is 1. The molecule has 1 aromatic heterocycles. The van der Waals surface area contributed by atoms with E-state index in [1.165, 1.54) is 18.3 Å². The third-order valence-electron chi connectivity index (χ3n) is 4.89. The summed E-state index contributed by atoms with van der Waals surface area (Å²) in [6.07, 6.45) is 1.27. The lowest BCUT2D eigenvalue weighted by molar-refractivity contribution is -0.144. The number of aliphatic carboxylic acids is 1. The molecule has 35 heavy (non-hydrogen) atoms. The van der Waals surface area contributed by atoms with E-state index in [4.69, 9.17) is 10.5 Å². The van der Waals surface area contributed by atoms with Crippen LogP contribution in [0.4, 0.5) is 11.5 Å². The fourth-order valence-electron chi connectivity index (χ4n) is 3.11. The Bertz CT molecular complexity index is 1150. The average Bonchev–Trinajstić information content (AvgIpc) is 2.98. The number of esters is 1. The second kappa shape index (κ2) is 11.5. The van der Waals surface area contributed by atoms with E-state index >= 15 is 0 Å². The van der Waals surface area contributed by atoms with Crippen molar-refractivity contribution in [1.82, 2.24) is 20.6 Å². The predicted molar refractivity (Wildman–Crippen MR) is 124 cm³/mol. The molecule has 1 aliphatic rings. The summed E-state index contributed by atoms with van der Waals surface area (Å²) in [6.45, 7) is 2.07. The van der Waals surface area contributed by atoms with Gasteiger partial charge in [-0.3, -0.25) is 14.4 Å². The normalized spacial score (nSPS) is 13.4. The van der Waals surface area contributed by atoms with Crippen molar-refractivity contribution in [2.24, 2.45) is 10.7 Å². The summed E-state index contributed by atoms with van der Waals surface area (Å²) in [5.74, 6) is -2.40. The molecule has 6 N–H and O–H groups in total. The van der Waals surface area contributed by atoms with Gasteiger partial charge in [-0.25, -0.2) is 14.8 Å². The molecule has 184 valence electrons. The van der Waals surface area contributed by atoms with Crippen LogP contribution in [0, 0.1) is 0 Å². The zero-order valence-corrected chi connectivity index (χ0v) is 18.9. The zero-order chi connectivity index (χ0) is 25.4. The molecule has 1 atom stereocenters. The molecule has 0 fully saturated rings. The number of aromatic nitrogens is 2. The molecule has 1 amide bonds. The van der Waals surface area contributed by atoms with Crippen LogP contribution in [0.5, 0.6) is 0 Å². The molecule has 2 aromatic rings. The minimum Gasteiger partial charge on any atom is -0.480 e. The van der Waals surface area contributed by atoms with Crippen molar-refractivity contribution in [2.45, 2.75) is 32.4 Å². The highest BCUT2D eigenvalue weighted by Crippen LogP contribution is 2.17. The quantitative estimate of drug-likeness (QED) is 0.292. The highest BCUT2D eigenvalue weighted by Gasteiger charge is 2.22. The third kappa shape index (κ3) is 6.96. The molecule has 1 unspecified atom stereocenters. The first-order valence-corrected chi connectivity index (χ1v) is 10.8. The first-order valence-electron chi connectivity index (χ1n) is 10.8. The van der Waals surface area contributed by atoms with Crippen LogP contribution in [-0.4, -0.2) is 63.9 Å². The maximum Gasteiger partial charge on any atom is 0.326 e. The van der Waals surface area contributed by atoms with Gasteiger partial charge in [-0.1, -0.05) is 0 Å². The number of anilines is 1. The van der Waals surface area contributed by atoms with Gasteiger partial charge in [-0.2, -0.15) is 4.99 Å². The molecule has 0 aliphatic carbocycles. The Morgan fingerprint density at radius 1 is 1.26 bits per heavy atom. The number of guanidine groups is 1. The number of nitrogens with two attached hydrogens (primary N) is 1. The van der Waals surface area contributed by atoms with Gasteiger partial charge in [-0.05, 0) is 37.6 Å². The summed E-state index contributed by atoms with van der Waals surface area (Å²) in [6, 6.07) is 5.10. The number of carboxylic acids is 1. The van der Waals surface area contributed by atoms with Crippen molar-refractivity contribution < 1.29 is 29.0 Å². The van der Waals surface area contributed by atoms with E-state index in [0.29, 0.717) is 11.4 Å². The van der Waals surface area contributed by atoms with Crippen LogP contribution >= 0.6 is 0 Å². The Morgan fingerprint density at radius 3 is 2.69 bits per heavy atom. The number of aliphatic imine (C=N–C) groups is 1. The van der Waals surface area contributed by atoms with Crippen LogP contribution in [0.25, 0.3) is 0 Å². The van der Waals surface area contributed by atoms with Crippen LogP contribution in [0.3, 0.4) is 0 Å². The number of hydrogen-bond donors (Lipinski definition) is 5. The van der Waals surface area contributed by atoms with Crippen molar-refractivity contribution in [3.63, 3.8) is 0 Å². The first kappa shape index (κ1) is 25.1. The van der Waals surface area contributed by atoms with Crippen molar-refractivity contribution in [3.8, 4) is 0 Å². The molecule has 1 aromatic carbocycles. The Kier molecular flexibility index (Phi) is 8.27. The largest absolute Gasteiger partial charge is 0.480 e. The fraction of sp³-hybridized carbons (Fsp3) is 0.318. The summed E-state index contributed by atoms with van der Waals surface area (Å²) in [4.78, 5) is 60.0. The van der Waals surface area contributed by atoms with Gasteiger partial charge >= 0.3 is 11.9 Å². The molecule has 0 radical (unpaired) electrons. The Balaban J connectivity index is 1.58. The molecule has 13 heteroatoms. The standard InChI is InChI=1S/C22H25N7O6/c1-2-35-17(31)8-7-15(21(33)34)28-20(32)12-3-5-13(6-4-12)24-9-14-10-25-19-18(27-14)16(30)11-26-22(23)29-19/h3-6,10,15,24H,2,7-9,11H2,1H3,(H,28,32)(H,33,34)(H3,23,25,26,29). The Morgan fingerprint density at radius 2 is 2.00 bits per heavy atom. The second-order valence-electron chi connectivity index (χ2n) is 7.45. The molecule has 13 nitrogen and oxygen atoms in total. The van der Waals surface area contributed by atoms with E-state index in [1.54, 1.807) is 19.1 Å².